The zero-order valence-corrected chi connectivity index (χ0v) is 16.0. The highest BCUT2D eigenvalue weighted by Crippen LogP contribution is 2.51. The lowest BCUT2D eigenvalue weighted by Crippen LogP contribution is -2.50. The van der Waals surface area contributed by atoms with Crippen LogP contribution in [-0.4, -0.2) is 35.9 Å². The van der Waals surface area contributed by atoms with Crippen LogP contribution in [0.15, 0.2) is 35.5 Å². The minimum Gasteiger partial charge on any atom is -0.465 e. The Kier molecular flexibility index (Phi) is 4.80. The highest BCUT2D eigenvalue weighted by atomic mass is 19.1. The van der Waals surface area contributed by atoms with E-state index in [9.17, 15) is 13.9 Å². The number of ether oxygens (including phenoxy) is 2. The Morgan fingerprint density at radius 1 is 1.27 bits per heavy atom. The van der Waals surface area contributed by atoms with Crippen molar-refractivity contribution in [3.63, 3.8) is 0 Å². The molecule has 2 aromatic rings. The van der Waals surface area contributed by atoms with Crippen LogP contribution < -0.4 is 11.1 Å². The van der Waals surface area contributed by atoms with Gasteiger partial charge in [-0.05, 0) is 24.3 Å². The summed E-state index contributed by atoms with van der Waals surface area (Å²) in [5, 5.41) is 21.9. The number of aliphatic hydroxyl groups is 1. The minimum atomic E-state index is -1.52. The van der Waals surface area contributed by atoms with Crippen molar-refractivity contribution in [1.82, 2.24) is 4.98 Å². The molecule has 0 spiro atoms. The van der Waals surface area contributed by atoms with Crippen molar-refractivity contribution in [1.29, 1.82) is 5.26 Å². The quantitative estimate of drug-likeness (QED) is 0.651. The van der Waals surface area contributed by atoms with E-state index in [4.69, 9.17) is 20.5 Å². The number of anilines is 1. The third-order valence-electron chi connectivity index (χ3n) is 5.54. The van der Waals surface area contributed by atoms with Gasteiger partial charge in [0.2, 0.25) is 0 Å². The molecule has 0 bridgehead atoms. The molecule has 4 rings (SSSR count). The molecule has 4 N–H and O–H groups in total. The molecule has 0 aliphatic carbocycles. The van der Waals surface area contributed by atoms with Crippen LogP contribution in [0.25, 0.3) is 0 Å². The summed E-state index contributed by atoms with van der Waals surface area (Å²) in [7, 11) is 0. The standard InChI is InChI=1S/C20H19F2N5O3/c1-19-8-29-10-20(19,27-18(24)30-9-19)13-5-12(2-3-14(13)21)26-17(28)16-15(22)4-11(6-23)7-25-16/h2-5,7,17,26,28H,8-10H2,1H3,(H2,24,27). The second kappa shape index (κ2) is 7.19. The predicted octanol–water partition coefficient (Wildman–Crippen LogP) is 1.91. The van der Waals surface area contributed by atoms with Gasteiger partial charge in [-0.1, -0.05) is 6.92 Å². The van der Waals surface area contributed by atoms with Gasteiger partial charge in [-0.15, -0.1) is 0 Å². The van der Waals surface area contributed by atoms with Gasteiger partial charge in [0.05, 0.1) is 24.2 Å². The molecule has 3 unspecified atom stereocenters. The van der Waals surface area contributed by atoms with Crippen molar-refractivity contribution in [2.24, 2.45) is 16.1 Å². The van der Waals surface area contributed by atoms with E-state index in [2.05, 4.69) is 15.3 Å². The molecule has 3 heterocycles. The fourth-order valence-electron chi connectivity index (χ4n) is 3.83. The summed E-state index contributed by atoms with van der Waals surface area (Å²) >= 11 is 0. The van der Waals surface area contributed by atoms with Crippen LogP contribution in [-0.2, 0) is 15.0 Å². The molecule has 8 nitrogen and oxygen atoms in total. The van der Waals surface area contributed by atoms with Crippen LogP contribution in [0.2, 0.25) is 0 Å². The molecule has 3 atom stereocenters. The van der Waals surface area contributed by atoms with Gasteiger partial charge in [-0.2, -0.15) is 5.26 Å². The topological polar surface area (TPSA) is 126 Å². The maximum atomic E-state index is 14.9. The van der Waals surface area contributed by atoms with Gasteiger partial charge in [0.25, 0.3) is 6.02 Å². The first-order chi connectivity index (χ1) is 14.3. The molecular formula is C20H19F2N5O3. The summed E-state index contributed by atoms with van der Waals surface area (Å²) in [6.07, 6.45) is -0.373. The Labute approximate surface area is 171 Å². The van der Waals surface area contributed by atoms with Gasteiger partial charge in [-0.25, -0.2) is 13.8 Å². The van der Waals surface area contributed by atoms with E-state index < -0.39 is 28.8 Å². The first-order valence-electron chi connectivity index (χ1n) is 9.14. The summed E-state index contributed by atoms with van der Waals surface area (Å²) in [6.45, 7) is 2.51. The predicted molar refractivity (Wildman–Crippen MR) is 102 cm³/mol. The van der Waals surface area contributed by atoms with Crippen LogP contribution in [0.4, 0.5) is 14.5 Å². The number of aliphatic hydroxyl groups excluding tert-OH is 1. The number of nitrogens with two attached hydrogens (primary N) is 1. The lowest BCUT2D eigenvalue weighted by molar-refractivity contribution is 0.0665. The van der Waals surface area contributed by atoms with Crippen molar-refractivity contribution in [2.75, 3.05) is 25.1 Å². The number of nitrogens with one attached hydrogen (secondary N) is 1. The SMILES string of the molecule is CC12COCC1(c1cc(NC(O)c3ncc(C#N)cc3F)ccc1F)N=C(N)OC2. The van der Waals surface area contributed by atoms with Crippen LogP contribution in [0.5, 0.6) is 0 Å². The number of nitrogens with zero attached hydrogens (tertiary/aromatic N) is 3. The fraction of sp³-hybridized carbons (Fsp3) is 0.350. The highest BCUT2D eigenvalue weighted by Gasteiger charge is 2.58. The Balaban J connectivity index is 1.69. The summed E-state index contributed by atoms with van der Waals surface area (Å²) in [4.78, 5) is 8.19. The third-order valence-corrected chi connectivity index (χ3v) is 5.54. The fourth-order valence-corrected chi connectivity index (χ4v) is 3.83. The second-order valence-electron chi connectivity index (χ2n) is 7.60. The largest absolute Gasteiger partial charge is 0.465 e. The average Bonchev–Trinajstić information content (AvgIpc) is 3.06. The second-order valence-corrected chi connectivity index (χ2v) is 7.60. The van der Waals surface area contributed by atoms with Crippen molar-refractivity contribution in [3.05, 3.63) is 58.9 Å². The lowest BCUT2D eigenvalue weighted by Gasteiger charge is -2.42. The number of benzene rings is 1. The number of hydrogen-bond acceptors (Lipinski definition) is 8. The zero-order chi connectivity index (χ0) is 21.5. The van der Waals surface area contributed by atoms with Gasteiger partial charge in [0.1, 0.15) is 29.7 Å². The summed E-state index contributed by atoms with van der Waals surface area (Å²) in [5.74, 6) is -1.36. The lowest BCUT2D eigenvalue weighted by atomic mass is 9.69. The van der Waals surface area contributed by atoms with Crippen LogP contribution >= 0.6 is 0 Å². The van der Waals surface area contributed by atoms with Gasteiger partial charge >= 0.3 is 0 Å². The van der Waals surface area contributed by atoms with Crippen molar-refractivity contribution >= 4 is 11.7 Å². The molecule has 0 amide bonds. The maximum Gasteiger partial charge on any atom is 0.282 e. The van der Waals surface area contributed by atoms with E-state index in [1.165, 1.54) is 18.2 Å². The monoisotopic (exact) mass is 415 g/mol. The molecule has 1 aromatic heterocycles. The number of fused-ring (bicyclic) bond motifs is 1. The van der Waals surface area contributed by atoms with E-state index in [0.29, 0.717) is 12.3 Å². The molecule has 2 aliphatic heterocycles. The molecule has 0 saturated carbocycles. The molecule has 30 heavy (non-hydrogen) atoms. The summed E-state index contributed by atoms with van der Waals surface area (Å²) in [6, 6.07) is 6.80. The van der Waals surface area contributed by atoms with E-state index in [-0.39, 0.29) is 36.1 Å². The molecule has 156 valence electrons. The van der Waals surface area contributed by atoms with Crippen LogP contribution in [0.3, 0.4) is 0 Å². The Morgan fingerprint density at radius 2 is 2.07 bits per heavy atom. The Morgan fingerprint density at radius 3 is 2.80 bits per heavy atom. The number of amidine groups is 1. The van der Waals surface area contributed by atoms with Gasteiger partial charge in [0.15, 0.2) is 12.0 Å². The Bertz CT molecular complexity index is 1070. The van der Waals surface area contributed by atoms with Crippen molar-refractivity contribution in [2.45, 2.75) is 18.7 Å². The number of nitriles is 1. The maximum absolute atomic E-state index is 14.9. The smallest absolute Gasteiger partial charge is 0.282 e. The molecular weight excluding hydrogens is 396 g/mol. The van der Waals surface area contributed by atoms with E-state index in [1.54, 1.807) is 6.07 Å². The summed E-state index contributed by atoms with van der Waals surface area (Å²) < 4.78 is 40.0. The molecule has 1 fully saturated rings. The number of hydrogen-bond donors (Lipinski definition) is 3. The van der Waals surface area contributed by atoms with Crippen LogP contribution in [0.1, 0.15) is 30.0 Å². The van der Waals surface area contributed by atoms with Gasteiger partial charge in [-0.3, -0.25) is 4.98 Å². The van der Waals surface area contributed by atoms with Gasteiger partial charge in [0, 0.05) is 17.4 Å². The Hall–Kier alpha value is -3.29. The average molecular weight is 415 g/mol. The molecule has 10 heteroatoms. The normalized spacial score (nSPS) is 26.2. The minimum absolute atomic E-state index is 0.0297. The number of pyridine rings is 1. The number of aliphatic imine (C=N–C) groups is 1. The molecule has 0 radical (unpaired) electrons. The molecule has 2 aliphatic rings. The first-order valence-corrected chi connectivity index (χ1v) is 9.14. The third kappa shape index (κ3) is 3.12. The number of halogens is 2. The van der Waals surface area contributed by atoms with Crippen LogP contribution in [0, 0.1) is 28.4 Å². The van der Waals surface area contributed by atoms with E-state index >= 15 is 0 Å². The van der Waals surface area contributed by atoms with E-state index in [0.717, 1.165) is 12.3 Å². The van der Waals surface area contributed by atoms with Crippen molar-refractivity contribution in [3.8, 4) is 6.07 Å². The molecule has 1 saturated heterocycles. The van der Waals surface area contributed by atoms with E-state index in [1.807, 2.05) is 6.92 Å². The highest BCUT2D eigenvalue weighted by molar-refractivity contribution is 5.73. The molecule has 1 aromatic carbocycles. The first kappa shape index (κ1) is 20.0. The number of rotatable bonds is 4. The zero-order valence-electron chi connectivity index (χ0n) is 16.0. The van der Waals surface area contributed by atoms with Crippen molar-refractivity contribution < 1.29 is 23.4 Å². The number of aromatic nitrogens is 1. The summed E-state index contributed by atoms with van der Waals surface area (Å²) in [5.41, 5.74) is 4.31. The van der Waals surface area contributed by atoms with Gasteiger partial charge < -0.3 is 25.6 Å².